The molecule has 0 spiro atoms. The number of sulfonamides is 1. The van der Waals surface area contributed by atoms with Gasteiger partial charge in [-0.1, -0.05) is 38.1 Å². The maximum atomic E-state index is 14.5. The molecule has 1 heterocycles. The third kappa shape index (κ3) is 8.73. The molecule has 1 amide bonds. The average molecular weight is 590 g/mol. The summed E-state index contributed by atoms with van der Waals surface area (Å²) in [4.78, 5) is 13.0. The molecule has 226 valence electrons. The third-order valence-electron chi connectivity index (χ3n) is 8.01. The number of nitrogens with zero attached hydrogens (tertiary/aromatic N) is 1. The Labute approximate surface area is 243 Å². The van der Waals surface area contributed by atoms with E-state index in [9.17, 15) is 22.7 Å². The van der Waals surface area contributed by atoms with Crippen molar-refractivity contribution in [1.29, 1.82) is 0 Å². The molecule has 0 saturated heterocycles. The molecule has 2 aliphatic rings. The number of carbonyl (C=O) groups is 1. The van der Waals surface area contributed by atoms with E-state index in [4.69, 9.17) is 4.74 Å². The van der Waals surface area contributed by atoms with Crippen LogP contribution in [0.25, 0.3) is 0 Å². The molecule has 0 aromatic heterocycles. The van der Waals surface area contributed by atoms with E-state index < -0.39 is 33.9 Å². The molecule has 2 bridgehead atoms. The minimum atomic E-state index is -3.63. The molecule has 1 aliphatic heterocycles. The third-order valence-corrected chi connectivity index (χ3v) is 9.88. The fourth-order valence-electron chi connectivity index (χ4n) is 5.43. The Bertz CT molecular complexity index is 1280. The number of halogens is 1. The highest BCUT2D eigenvalue weighted by atomic mass is 32.2. The van der Waals surface area contributed by atoms with Crippen molar-refractivity contribution in [1.82, 2.24) is 14.9 Å². The highest BCUT2D eigenvalue weighted by Gasteiger charge is 2.44. The summed E-state index contributed by atoms with van der Waals surface area (Å²) in [5.41, 5.74) is 2.79. The number of aliphatic hydroxyl groups is 1. The number of aryl methyl sites for hydroxylation is 1. The molecular weight excluding hydrogens is 545 g/mol. The number of hydrogen-bond donors (Lipinski definition) is 3. The maximum absolute atomic E-state index is 14.5. The Hall–Kier alpha value is -2.53. The van der Waals surface area contributed by atoms with E-state index in [0.29, 0.717) is 50.3 Å². The van der Waals surface area contributed by atoms with Crippen molar-refractivity contribution < 1.29 is 27.4 Å². The van der Waals surface area contributed by atoms with Crippen LogP contribution in [0.3, 0.4) is 0 Å². The molecular formula is C31H44FN3O5S. The minimum Gasteiger partial charge on any atom is -0.493 e. The van der Waals surface area contributed by atoms with Crippen molar-refractivity contribution in [2.24, 2.45) is 0 Å². The summed E-state index contributed by atoms with van der Waals surface area (Å²) < 4.78 is 47.8. The molecule has 2 atom stereocenters. The van der Waals surface area contributed by atoms with E-state index in [2.05, 4.69) is 35.8 Å². The van der Waals surface area contributed by atoms with Crippen molar-refractivity contribution in [2.75, 3.05) is 32.0 Å². The lowest BCUT2D eigenvalue weighted by atomic mass is 9.98. The van der Waals surface area contributed by atoms with Gasteiger partial charge in [-0.3, -0.25) is 4.79 Å². The topological polar surface area (TPSA) is 108 Å². The highest BCUT2D eigenvalue weighted by Crippen LogP contribution is 2.45. The molecule has 8 nitrogen and oxygen atoms in total. The lowest BCUT2D eigenvalue weighted by molar-refractivity contribution is -0.122. The Morgan fingerprint density at radius 2 is 2.00 bits per heavy atom. The summed E-state index contributed by atoms with van der Waals surface area (Å²) in [5.74, 6) is -0.858. The second-order valence-electron chi connectivity index (χ2n) is 11.3. The predicted molar refractivity (Wildman–Crippen MR) is 158 cm³/mol. The van der Waals surface area contributed by atoms with Crippen LogP contribution < -0.4 is 15.4 Å². The van der Waals surface area contributed by atoms with Crippen LogP contribution in [-0.2, 0) is 33.2 Å². The zero-order valence-electron chi connectivity index (χ0n) is 24.2. The molecule has 41 heavy (non-hydrogen) atoms. The van der Waals surface area contributed by atoms with Gasteiger partial charge in [0.15, 0.2) is 0 Å². The molecule has 1 saturated carbocycles. The van der Waals surface area contributed by atoms with Crippen molar-refractivity contribution >= 4 is 15.9 Å². The minimum absolute atomic E-state index is 0.162. The monoisotopic (exact) mass is 589 g/mol. The van der Waals surface area contributed by atoms with Gasteiger partial charge in [0.1, 0.15) is 11.6 Å². The van der Waals surface area contributed by atoms with Gasteiger partial charge in [-0.15, -0.1) is 0 Å². The standard InChI is InChI=1S/C31H44FN3O5S/c1-3-13-35-14-5-6-15-40-27-19-24(18-26(32)21-27)20-28(34-30(37)10-16-41(35,38)39)29(36)22-33-31(11-12-31)25-9-7-8-23(4-2)17-25/h7-9,17-19,21,28-29,33,36H,3-6,10-16,20,22H2,1-2H3,(H,34,37)/t28-,29+/m0/s1. The summed E-state index contributed by atoms with van der Waals surface area (Å²) >= 11 is 0. The van der Waals surface area contributed by atoms with Crippen LogP contribution in [0.5, 0.6) is 5.75 Å². The number of amides is 1. The molecule has 1 fully saturated rings. The SMILES string of the molecule is CCCN1CCCCOc2cc(F)cc(c2)C[C@@H]([C@H](O)CNC2(c3cccc(CC)c3)CC2)NC(=O)CCS1(=O)=O. The van der Waals surface area contributed by atoms with Gasteiger partial charge in [-0.2, -0.15) is 0 Å². The van der Waals surface area contributed by atoms with Crippen molar-refractivity contribution in [3.8, 4) is 5.75 Å². The molecule has 3 N–H and O–H groups in total. The van der Waals surface area contributed by atoms with Gasteiger partial charge >= 0.3 is 0 Å². The first-order valence-electron chi connectivity index (χ1n) is 14.9. The first-order valence-corrected chi connectivity index (χ1v) is 16.5. The average Bonchev–Trinajstić information content (AvgIpc) is 3.74. The smallest absolute Gasteiger partial charge is 0.221 e. The van der Waals surface area contributed by atoms with E-state index >= 15 is 0 Å². The number of benzene rings is 2. The molecule has 10 heteroatoms. The summed E-state index contributed by atoms with van der Waals surface area (Å²) in [6.45, 7) is 5.29. The summed E-state index contributed by atoms with van der Waals surface area (Å²) in [6, 6.07) is 12.1. The number of fused-ring (bicyclic) bond motifs is 2. The van der Waals surface area contributed by atoms with E-state index in [1.54, 1.807) is 6.07 Å². The Morgan fingerprint density at radius 3 is 2.73 bits per heavy atom. The van der Waals surface area contributed by atoms with E-state index in [0.717, 1.165) is 19.3 Å². The number of rotatable bonds is 8. The first kappa shape index (κ1) is 31.4. The van der Waals surface area contributed by atoms with Gasteiger partial charge in [0.2, 0.25) is 15.9 Å². The molecule has 4 rings (SSSR count). The van der Waals surface area contributed by atoms with Crippen LogP contribution in [0.4, 0.5) is 4.39 Å². The summed E-state index contributed by atoms with van der Waals surface area (Å²) in [6.07, 6.45) is 3.65. The van der Waals surface area contributed by atoms with E-state index in [-0.39, 0.29) is 30.7 Å². The molecule has 2 aromatic carbocycles. The highest BCUT2D eigenvalue weighted by molar-refractivity contribution is 7.89. The zero-order chi connectivity index (χ0) is 29.5. The molecule has 1 aliphatic carbocycles. The van der Waals surface area contributed by atoms with E-state index in [1.807, 2.05) is 13.0 Å². The Kier molecular flexibility index (Phi) is 10.8. The molecule has 0 unspecified atom stereocenters. The second kappa shape index (κ2) is 14.1. The van der Waals surface area contributed by atoms with Crippen molar-refractivity contribution in [3.63, 3.8) is 0 Å². The van der Waals surface area contributed by atoms with Gasteiger partial charge in [-0.05, 0) is 73.8 Å². The van der Waals surface area contributed by atoms with Crippen LogP contribution in [0.2, 0.25) is 0 Å². The van der Waals surface area contributed by atoms with Gasteiger partial charge in [0, 0.05) is 37.7 Å². The fourth-order valence-corrected chi connectivity index (χ4v) is 7.00. The van der Waals surface area contributed by atoms with Crippen molar-refractivity contribution in [3.05, 3.63) is 65.0 Å². The van der Waals surface area contributed by atoms with Gasteiger partial charge < -0.3 is 20.5 Å². The van der Waals surface area contributed by atoms with Gasteiger partial charge in [-0.25, -0.2) is 17.1 Å². The van der Waals surface area contributed by atoms with Gasteiger partial charge in [0.25, 0.3) is 0 Å². The Balaban J connectivity index is 1.52. The second-order valence-corrected chi connectivity index (χ2v) is 13.4. The number of aliphatic hydroxyl groups excluding tert-OH is 1. The molecule has 2 aromatic rings. The van der Waals surface area contributed by atoms with Crippen LogP contribution in [0.1, 0.15) is 69.1 Å². The number of ether oxygens (including phenoxy) is 1. The number of carbonyl (C=O) groups excluding carboxylic acids is 1. The van der Waals surface area contributed by atoms with Crippen LogP contribution in [0, 0.1) is 5.82 Å². The van der Waals surface area contributed by atoms with Crippen LogP contribution in [-0.4, -0.2) is 67.9 Å². The number of nitrogens with one attached hydrogen (secondary N) is 2. The zero-order valence-corrected chi connectivity index (χ0v) is 25.0. The summed E-state index contributed by atoms with van der Waals surface area (Å²) in [5, 5.41) is 17.7. The molecule has 0 radical (unpaired) electrons. The largest absolute Gasteiger partial charge is 0.493 e. The van der Waals surface area contributed by atoms with Crippen LogP contribution in [0.15, 0.2) is 42.5 Å². The maximum Gasteiger partial charge on any atom is 0.221 e. The van der Waals surface area contributed by atoms with Crippen molar-refractivity contribution in [2.45, 2.75) is 82.9 Å². The quantitative estimate of drug-likeness (QED) is 0.434. The van der Waals surface area contributed by atoms with Crippen LogP contribution >= 0.6 is 0 Å². The van der Waals surface area contributed by atoms with Gasteiger partial charge in [0.05, 0.1) is 24.5 Å². The normalized spacial score (nSPS) is 22.3. The summed E-state index contributed by atoms with van der Waals surface area (Å²) in [7, 11) is -3.63. The predicted octanol–water partition coefficient (Wildman–Crippen LogP) is 3.66. The lowest BCUT2D eigenvalue weighted by Crippen LogP contribution is -2.50. The fraction of sp³-hybridized carbons (Fsp3) is 0.581. The van der Waals surface area contributed by atoms with E-state index in [1.165, 1.54) is 27.6 Å². The number of hydrogen-bond acceptors (Lipinski definition) is 6. The lowest BCUT2D eigenvalue weighted by Gasteiger charge is -2.28. The Morgan fingerprint density at radius 1 is 1.20 bits per heavy atom. The first-order chi connectivity index (χ1) is 19.6.